The summed E-state index contributed by atoms with van der Waals surface area (Å²) >= 11 is 0. The van der Waals surface area contributed by atoms with Crippen LogP contribution >= 0.6 is 18.5 Å². The second kappa shape index (κ2) is 9.91. The molecule has 1 aliphatic carbocycles. The molecule has 4 radical (unpaired) electrons. The number of amides is 1. The highest BCUT2D eigenvalue weighted by Crippen LogP contribution is 2.56. The van der Waals surface area contributed by atoms with Crippen molar-refractivity contribution in [3.05, 3.63) is 54.1 Å². The Morgan fingerprint density at radius 2 is 1.89 bits per heavy atom. The lowest BCUT2D eigenvalue weighted by Crippen LogP contribution is -2.53. The number of hydrogen-bond donors (Lipinski definition) is 2. The van der Waals surface area contributed by atoms with E-state index in [1.165, 1.54) is 0 Å². The van der Waals surface area contributed by atoms with Gasteiger partial charge in [-0.15, -0.1) is 18.5 Å². The van der Waals surface area contributed by atoms with Gasteiger partial charge in [0.2, 0.25) is 10.0 Å². The average molecular weight is 526 g/mol. The number of nitrogens with one attached hydrogen (secondary N) is 1. The zero-order valence-electron chi connectivity index (χ0n) is 19.7. The molecule has 1 amide bonds. The Morgan fingerprint density at radius 3 is 2.46 bits per heavy atom. The lowest BCUT2D eigenvalue weighted by atomic mass is 9.80. The molecule has 2 aliphatic rings. The number of sulfonamides is 1. The Bertz CT molecular complexity index is 1200. The SMILES string of the molecule is [B]CS(=O)(=O)NC1C(Cc2cccc(-c3ccccc3)c2[B])N(C(=O)C(O)C(C)(P)P)CC12CC2. The Balaban J connectivity index is 1.74. The zero-order valence-corrected chi connectivity index (χ0v) is 22.8. The van der Waals surface area contributed by atoms with Crippen LogP contribution in [0.1, 0.15) is 25.3 Å². The zero-order chi connectivity index (χ0) is 25.6. The molecule has 0 bridgehead atoms. The molecule has 35 heavy (non-hydrogen) atoms. The molecular formula is C24H30B2N2O4P2S. The molecule has 2 N–H and O–H groups in total. The van der Waals surface area contributed by atoms with Crippen molar-refractivity contribution in [1.29, 1.82) is 0 Å². The van der Waals surface area contributed by atoms with Gasteiger partial charge in [0.25, 0.3) is 5.91 Å². The maximum atomic E-state index is 13.5. The fourth-order valence-electron chi connectivity index (χ4n) is 5.00. The lowest BCUT2D eigenvalue weighted by molar-refractivity contribution is -0.141. The molecule has 2 aromatic carbocycles. The molecular weight excluding hydrogens is 496 g/mol. The van der Waals surface area contributed by atoms with E-state index < -0.39 is 44.7 Å². The molecule has 1 saturated heterocycles. The van der Waals surface area contributed by atoms with Gasteiger partial charge in [-0.3, -0.25) is 4.79 Å². The number of benzene rings is 2. The van der Waals surface area contributed by atoms with Crippen LogP contribution in [0.2, 0.25) is 0 Å². The topological polar surface area (TPSA) is 86.7 Å². The number of carbonyl (C=O) groups excluding carboxylic acids is 1. The van der Waals surface area contributed by atoms with E-state index in [9.17, 15) is 18.3 Å². The summed E-state index contributed by atoms with van der Waals surface area (Å²) in [6.45, 7) is 2.10. The van der Waals surface area contributed by atoms with Gasteiger partial charge >= 0.3 is 0 Å². The highest BCUT2D eigenvalue weighted by atomic mass is 32.2. The van der Waals surface area contributed by atoms with Gasteiger partial charge in [0.15, 0.2) is 0 Å². The molecule has 2 aromatic rings. The first-order valence-electron chi connectivity index (χ1n) is 11.6. The van der Waals surface area contributed by atoms with Crippen LogP contribution in [0.3, 0.4) is 0 Å². The summed E-state index contributed by atoms with van der Waals surface area (Å²) in [6.07, 6.45) is 0.641. The summed E-state index contributed by atoms with van der Waals surface area (Å²) in [5.41, 5.74) is 2.35. The fourth-order valence-corrected chi connectivity index (χ4v) is 6.17. The fraction of sp³-hybridized carbons (Fsp3) is 0.458. The third-order valence-corrected chi connectivity index (χ3v) is 8.85. The number of aliphatic hydroxyl groups excluding tert-OH is 1. The number of nitrogens with zero attached hydrogens (tertiary/aromatic N) is 1. The monoisotopic (exact) mass is 526 g/mol. The van der Waals surface area contributed by atoms with Crippen molar-refractivity contribution < 1.29 is 18.3 Å². The van der Waals surface area contributed by atoms with Gasteiger partial charge in [-0.05, 0) is 37.3 Å². The third kappa shape index (κ3) is 5.55. The quantitative estimate of drug-likeness (QED) is 0.396. The van der Waals surface area contributed by atoms with Crippen LogP contribution in [0.4, 0.5) is 0 Å². The first kappa shape index (κ1) is 26.8. The molecule has 5 atom stereocenters. The van der Waals surface area contributed by atoms with Crippen LogP contribution in [0.25, 0.3) is 11.1 Å². The van der Waals surface area contributed by atoms with Gasteiger partial charge in [0.05, 0.1) is 13.9 Å². The van der Waals surface area contributed by atoms with Crippen molar-refractivity contribution in [2.45, 2.75) is 49.3 Å². The molecule has 4 rings (SSSR count). The van der Waals surface area contributed by atoms with Gasteiger partial charge < -0.3 is 10.0 Å². The van der Waals surface area contributed by atoms with E-state index in [0.29, 0.717) is 18.4 Å². The summed E-state index contributed by atoms with van der Waals surface area (Å²) in [5, 5.41) is 10.8. The summed E-state index contributed by atoms with van der Waals surface area (Å²) in [7, 11) is 13.3. The van der Waals surface area contributed by atoms with Gasteiger partial charge in [-0.25, -0.2) is 13.1 Å². The molecule has 1 aliphatic heterocycles. The van der Waals surface area contributed by atoms with Crippen LogP contribution in [0.15, 0.2) is 48.5 Å². The molecule has 11 heteroatoms. The largest absolute Gasteiger partial charge is 0.382 e. The van der Waals surface area contributed by atoms with E-state index in [4.69, 9.17) is 15.7 Å². The van der Waals surface area contributed by atoms with Crippen LogP contribution < -0.4 is 10.2 Å². The third-order valence-electron chi connectivity index (χ3n) is 7.16. The summed E-state index contributed by atoms with van der Waals surface area (Å²) in [6, 6.07) is 14.5. The van der Waals surface area contributed by atoms with E-state index in [2.05, 4.69) is 23.2 Å². The number of hydrogen-bond acceptors (Lipinski definition) is 4. The summed E-state index contributed by atoms with van der Waals surface area (Å²) in [5.74, 6) is -0.430. The summed E-state index contributed by atoms with van der Waals surface area (Å²) in [4.78, 5) is 14.3. The minimum absolute atomic E-state index is 0.342. The van der Waals surface area contributed by atoms with Crippen LogP contribution in [-0.4, -0.2) is 75.3 Å². The van der Waals surface area contributed by atoms with Gasteiger partial charge in [0, 0.05) is 28.6 Å². The first-order chi connectivity index (χ1) is 16.4. The molecule has 6 nitrogen and oxygen atoms in total. The summed E-state index contributed by atoms with van der Waals surface area (Å²) < 4.78 is 27.8. The molecule has 1 spiro atoms. The molecule has 2 fully saturated rings. The van der Waals surface area contributed by atoms with Crippen molar-refractivity contribution in [3.63, 3.8) is 0 Å². The van der Waals surface area contributed by atoms with Gasteiger partial charge in [0.1, 0.15) is 14.0 Å². The molecule has 1 heterocycles. The Morgan fingerprint density at radius 1 is 1.23 bits per heavy atom. The van der Waals surface area contributed by atoms with E-state index in [1.54, 1.807) is 11.8 Å². The normalized spacial score (nSPS) is 22.3. The standard InChI is InChI=1S/C24H30B2N2O4P2S/c1-23(33,34)21(29)22(30)28-13-24(10-11-24)20(27-35(31,32)14-25)18(28)12-16-8-5-9-17(19(16)26)15-6-3-2-4-7-15/h2-9,18,20-21,27,29H,10-14,33-34H2,1H3. The molecule has 0 aromatic heterocycles. The average Bonchev–Trinajstić information content (AvgIpc) is 3.54. The minimum Gasteiger partial charge on any atom is -0.382 e. The molecule has 182 valence electrons. The Labute approximate surface area is 215 Å². The van der Waals surface area contributed by atoms with Crippen molar-refractivity contribution >= 4 is 55.6 Å². The van der Waals surface area contributed by atoms with Crippen molar-refractivity contribution in [2.75, 3.05) is 12.2 Å². The highest BCUT2D eigenvalue weighted by Gasteiger charge is 2.61. The maximum Gasteiger partial charge on any atom is 0.253 e. The van der Waals surface area contributed by atoms with Crippen LogP contribution in [0, 0.1) is 5.41 Å². The van der Waals surface area contributed by atoms with E-state index in [1.807, 2.05) is 48.5 Å². The highest BCUT2D eigenvalue weighted by molar-refractivity contribution is 7.90. The van der Waals surface area contributed by atoms with Crippen molar-refractivity contribution in [2.24, 2.45) is 5.41 Å². The van der Waals surface area contributed by atoms with E-state index in [0.717, 1.165) is 29.5 Å². The Kier molecular flexibility index (Phi) is 7.60. The minimum atomic E-state index is -3.73. The van der Waals surface area contributed by atoms with Gasteiger partial charge in [-0.2, -0.15) is 0 Å². The maximum absolute atomic E-state index is 13.5. The van der Waals surface area contributed by atoms with Crippen LogP contribution in [-0.2, 0) is 21.2 Å². The van der Waals surface area contributed by atoms with Crippen LogP contribution in [0.5, 0.6) is 0 Å². The van der Waals surface area contributed by atoms with Gasteiger partial charge in [-0.1, -0.05) is 59.6 Å². The number of carbonyl (C=O) groups is 1. The number of likely N-dealkylation sites (tertiary alicyclic amines) is 1. The first-order valence-corrected chi connectivity index (χ1v) is 14.4. The van der Waals surface area contributed by atoms with E-state index >= 15 is 0 Å². The predicted octanol–water partition coefficient (Wildman–Crippen LogP) is 0.922. The predicted molar refractivity (Wildman–Crippen MR) is 148 cm³/mol. The number of rotatable bonds is 8. The number of aliphatic hydroxyl groups is 1. The van der Waals surface area contributed by atoms with E-state index in [-0.39, 0.29) is 5.41 Å². The second-order valence-electron chi connectivity index (χ2n) is 9.99. The van der Waals surface area contributed by atoms with Crippen molar-refractivity contribution in [3.8, 4) is 11.1 Å². The molecule has 5 unspecified atom stereocenters. The van der Waals surface area contributed by atoms with Crippen molar-refractivity contribution in [1.82, 2.24) is 9.62 Å². The second-order valence-corrected chi connectivity index (χ2v) is 14.9. The molecule has 1 saturated carbocycles. The Hall–Kier alpha value is -1.23. The lowest BCUT2D eigenvalue weighted by Gasteiger charge is -2.34. The smallest absolute Gasteiger partial charge is 0.253 e.